The summed E-state index contributed by atoms with van der Waals surface area (Å²) in [6.07, 6.45) is -1.71. The topological polar surface area (TPSA) is 268 Å². The number of Topliss-reactive ketones (excluding diaryl/α,β-unsaturated/α-hetero) is 1. The van der Waals surface area contributed by atoms with Crippen molar-refractivity contribution in [2.75, 3.05) is 20.3 Å². The minimum Gasteiger partial charge on any atom is -0.513 e. The maximum absolute atomic E-state index is 13.9. The summed E-state index contributed by atoms with van der Waals surface area (Å²) in [7, 11) is 1.46. The quantitative estimate of drug-likeness (QED) is 0.0775. The molecule has 5 atom stereocenters. The number of aliphatic hydroxyl groups excluding tert-OH is 2. The molecule has 18 nitrogen and oxygen atoms in total. The van der Waals surface area contributed by atoms with Crippen LogP contribution >= 0.6 is 0 Å². The first-order chi connectivity index (χ1) is 26.9. The van der Waals surface area contributed by atoms with Crippen molar-refractivity contribution in [2.45, 2.75) is 83.3 Å². The third-order valence-corrected chi connectivity index (χ3v) is 10.4. The zero-order valence-electron chi connectivity index (χ0n) is 31.9. The van der Waals surface area contributed by atoms with Crippen LogP contribution in [0.25, 0.3) is 10.8 Å². The van der Waals surface area contributed by atoms with Gasteiger partial charge in [-0.25, -0.2) is 4.79 Å². The van der Waals surface area contributed by atoms with Crippen molar-refractivity contribution < 1.29 is 72.9 Å². The van der Waals surface area contributed by atoms with E-state index in [0.717, 1.165) is 24.8 Å². The van der Waals surface area contributed by atoms with Gasteiger partial charge in [0.2, 0.25) is 6.10 Å². The van der Waals surface area contributed by atoms with Crippen molar-refractivity contribution in [3.05, 3.63) is 64.8 Å². The molecule has 3 saturated heterocycles. The van der Waals surface area contributed by atoms with Crippen molar-refractivity contribution >= 4 is 52.2 Å². The van der Waals surface area contributed by atoms with Crippen LogP contribution in [0.5, 0.6) is 5.75 Å². The number of epoxide rings is 1. The highest BCUT2D eigenvalue weighted by Gasteiger charge is 2.59. The van der Waals surface area contributed by atoms with Gasteiger partial charge in [-0.2, -0.15) is 0 Å². The second kappa shape index (κ2) is 17.0. The highest BCUT2D eigenvalue weighted by Crippen LogP contribution is 2.42. The Hall–Kier alpha value is -6.01. The first kappa shape index (κ1) is 42.1. The van der Waals surface area contributed by atoms with Crippen LogP contribution in [0.4, 0.5) is 0 Å². The standard InChI is InChI=1S/C31H33N3O11.C8H12O4/c1-14-7-6-8-18-19(14)9-17(42-5)10-20(18)30(41)45-27(31(4)13-43-31)29(40)33-23(28(39)32-21(12-35)15(2)36)24-26(44-16(3)37)25(38)22-11-34(22)24;9-7(10)5-1-2-6(4-3-5)8(11)12/h6-10,12,22,25-27,35,38H,11,13H2,1-5H3,(H,32,39)(H,33,40);5-6H,1-4H2,(H,9,10)(H,11,12)/b21-12-,24-23+;/t22-,25+,26+,27+,31-,34?;/m0./s1. The Morgan fingerprint density at radius 2 is 1.58 bits per heavy atom. The normalized spacial score (nSPS) is 26.0. The molecular formula is C39H45N3O15. The van der Waals surface area contributed by atoms with E-state index >= 15 is 0 Å². The minimum absolute atomic E-state index is 0.0319. The van der Waals surface area contributed by atoms with Gasteiger partial charge in [-0.15, -0.1) is 0 Å². The summed E-state index contributed by atoms with van der Waals surface area (Å²) in [5.74, 6) is -6.17. The number of aliphatic hydroxyl groups is 2. The van der Waals surface area contributed by atoms with Crippen molar-refractivity contribution in [1.29, 1.82) is 0 Å². The molecule has 2 aromatic rings. The Morgan fingerprint density at radius 3 is 2.09 bits per heavy atom. The van der Waals surface area contributed by atoms with E-state index in [-0.39, 0.29) is 36.2 Å². The molecule has 4 aliphatic rings. The third kappa shape index (κ3) is 9.35. The van der Waals surface area contributed by atoms with E-state index in [1.54, 1.807) is 30.0 Å². The number of nitrogens with one attached hydrogen (secondary N) is 2. The van der Waals surface area contributed by atoms with Gasteiger partial charge in [0.05, 0.1) is 42.9 Å². The number of nitrogens with zero attached hydrogens (tertiary/aromatic N) is 1. The third-order valence-electron chi connectivity index (χ3n) is 10.4. The fourth-order valence-corrected chi connectivity index (χ4v) is 6.94. The number of rotatable bonds is 12. The molecule has 18 heteroatoms. The molecule has 0 bridgehead atoms. The molecule has 6 N–H and O–H groups in total. The van der Waals surface area contributed by atoms with Gasteiger partial charge < -0.3 is 54.9 Å². The number of esters is 2. The number of hydrogen-bond acceptors (Lipinski definition) is 14. The number of ketones is 1. The van der Waals surface area contributed by atoms with Crippen LogP contribution in [0, 0.1) is 18.8 Å². The molecule has 0 radical (unpaired) electrons. The SMILES string of the molecule is COc1cc(C(=O)O[C@H](C(=O)N/C(C(=O)N/C(=C\O)C(C)=O)=C2\[C@@H](OC(C)=O)[C@H](O)[C@@H]3CN23)[C@]2(C)CO2)c2cccc(C)c2c1.O=C(O)C1CCC(C(=O)O)CC1. The van der Waals surface area contributed by atoms with Crippen LogP contribution < -0.4 is 15.4 Å². The van der Waals surface area contributed by atoms with Gasteiger partial charge in [-0.3, -0.25) is 28.8 Å². The summed E-state index contributed by atoms with van der Waals surface area (Å²) >= 11 is 0. The lowest BCUT2D eigenvalue weighted by molar-refractivity contribution is -0.149. The molecule has 6 rings (SSSR count). The molecule has 0 spiro atoms. The van der Waals surface area contributed by atoms with Gasteiger partial charge in [-0.05, 0) is 68.0 Å². The number of allylic oxidation sites excluding steroid dienone is 1. The molecule has 0 unspecified atom stereocenters. The highest BCUT2D eigenvalue weighted by molar-refractivity contribution is 6.08. The summed E-state index contributed by atoms with van der Waals surface area (Å²) in [4.78, 5) is 87.4. The van der Waals surface area contributed by atoms with Gasteiger partial charge in [0, 0.05) is 20.4 Å². The number of fused-ring (bicyclic) bond motifs is 2. The van der Waals surface area contributed by atoms with Crippen LogP contribution in [0.15, 0.2) is 53.7 Å². The summed E-state index contributed by atoms with van der Waals surface area (Å²) in [5.41, 5.74) is -1.25. The first-order valence-corrected chi connectivity index (χ1v) is 18.1. The number of aryl methyl sites for hydroxylation is 1. The number of aliphatic carboxylic acids is 2. The molecule has 2 aromatic carbocycles. The molecule has 0 aromatic heterocycles. The lowest BCUT2D eigenvalue weighted by atomic mass is 9.82. The maximum Gasteiger partial charge on any atom is 0.339 e. The predicted octanol–water partition coefficient (Wildman–Crippen LogP) is 1.86. The maximum atomic E-state index is 13.9. The second-order valence-electron chi connectivity index (χ2n) is 14.5. The molecule has 3 heterocycles. The van der Waals surface area contributed by atoms with E-state index < -0.39 is 82.8 Å². The number of carbonyl (C=O) groups excluding carboxylic acids is 5. The number of carboxylic acid groups (broad SMARTS) is 2. The Balaban J connectivity index is 0.000000442. The van der Waals surface area contributed by atoms with Gasteiger partial charge in [0.15, 0.2) is 11.9 Å². The smallest absolute Gasteiger partial charge is 0.339 e. The fourth-order valence-electron chi connectivity index (χ4n) is 6.94. The van der Waals surface area contributed by atoms with E-state index in [1.165, 1.54) is 13.2 Å². The van der Waals surface area contributed by atoms with Crippen LogP contribution in [0.1, 0.15) is 62.4 Å². The summed E-state index contributed by atoms with van der Waals surface area (Å²) < 4.78 is 21.9. The van der Waals surface area contributed by atoms with E-state index in [1.807, 2.05) is 13.0 Å². The van der Waals surface area contributed by atoms with Gasteiger partial charge >= 0.3 is 23.9 Å². The second-order valence-corrected chi connectivity index (χ2v) is 14.5. The van der Waals surface area contributed by atoms with Crippen LogP contribution in [-0.4, -0.2) is 117 Å². The minimum atomic E-state index is -1.58. The molecule has 57 heavy (non-hydrogen) atoms. The molecule has 306 valence electrons. The number of piperidine rings is 1. The molecule has 1 aliphatic carbocycles. The van der Waals surface area contributed by atoms with Crippen LogP contribution in [0.2, 0.25) is 0 Å². The number of benzene rings is 2. The number of hydrogen-bond donors (Lipinski definition) is 6. The van der Waals surface area contributed by atoms with Crippen molar-refractivity contribution in [2.24, 2.45) is 11.8 Å². The van der Waals surface area contributed by atoms with Crippen molar-refractivity contribution in [3.8, 4) is 5.75 Å². The Morgan fingerprint density at radius 1 is 0.965 bits per heavy atom. The molecule has 2 amide bonds. The Bertz CT molecular complexity index is 2020. The summed E-state index contributed by atoms with van der Waals surface area (Å²) in [6, 6.07) is 8.16. The zero-order valence-corrected chi connectivity index (χ0v) is 31.9. The average Bonchev–Trinajstić information content (AvgIpc) is 4.10. The van der Waals surface area contributed by atoms with Crippen LogP contribution in [0.3, 0.4) is 0 Å². The largest absolute Gasteiger partial charge is 0.513 e. The molecule has 1 saturated carbocycles. The number of ether oxygens (including phenoxy) is 4. The Kier molecular flexibility index (Phi) is 12.6. The van der Waals surface area contributed by atoms with Gasteiger partial charge in [0.1, 0.15) is 35.1 Å². The molecular weight excluding hydrogens is 750 g/mol. The number of methoxy groups -OCH3 is 1. The number of carboxylic acids is 2. The van der Waals surface area contributed by atoms with E-state index in [4.69, 9.17) is 29.2 Å². The Labute approximate surface area is 326 Å². The highest BCUT2D eigenvalue weighted by atomic mass is 16.6. The van der Waals surface area contributed by atoms with E-state index in [9.17, 15) is 43.8 Å². The van der Waals surface area contributed by atoms with Crippen molar-refractivity contribution in [1.82, 2.24) is 15.5 Å². The lowest BCUT2D eigenvalue weighted by Crippen LogP contribution is -2.49. The molecule has 4 fully saturated rings. The molecule has 3 aliphatic heterocycles. The fraction of sp³-hybridized carbons (Fsp3) is 0.462. The number of carbonyl (C=O) groups is 7. The lowest BCUT2D eigenvalue weighted by Gasteiger charge is -2.25. The van der Waals surface area contributed by atoms with Crippen molar-refractivity contribution in [3.63, 3.8) is 0 Å². The van der Waals surface area contributed by atoms with E-state index in [2.05, 4.69) is 10.6 Å². The average molecular weight is 796 g/mol. The summed E-state index contributed by atoms with van der Waals surface area (Å²) in [6.45, 7) is 5.99. The monoisotopic (exact) mass is 795 g/mol. The van der Waals surface area contributed by atoms with E-state index in [0.29, 0.717) is 43.1 Å². The number of amides is 2. The van der Waals surface area contributed by atoms with Crippen LogP contribution in [-0.2, 0) is 43.0 Å². The summed E-state index contributed by atoms with van der Waals surface area (Å²) in [5, 5.41) is 43.4. The zero-order chi connectivity index (χ0) is 41.9. The first-order valence-electron chi connectivity index (χ1n) is 18.1. The van der Waals surface area contributed by atoms with Gasteiger partial charge in [-0.1, -0.05) is 18.2 Å². The predicted molar refractivity (Wildman–Crippen MR) is 196 cm³/mol. The van der Waals surface area contributed by atoms with Gasteiger partial charge in [0.25, 0.3) is 11.8 Å².